The fourth-order valence-corrected chi connectivity index (χ4v) is 2.95. The number of hydrogen-bond donors (Lipinski definition) is 1. The third kappa shape index (κ3) is 5.27. The molecule has 0 unspecified atom stereocenters. The van der Waals surface area contributed by atoms with Crippen molar-refractivity contribution in [2.45, 2.75) is 6.54 Å². The molecule has 0 aliphatic heterocycles. The lowest BCUT2D eigenvalue weighted by Gasteiger charge is -2.20. The molecular weight excluding hydrogens is 347 g/mol. The second kappa shape index (κ2) is 8.09. The van der Waals surface area contributed by atoms with Crippen LogP contribution >= 0.6 is 0 Å². The minimum Gasteiger partial charge on any atom is -0.496 e. The number of carbonyl (C=O) groups excluding carboxylic acids is 1. The zero-order chi connectivity index (χ0) is 18.4. The lowest BCUT2D eigenvalue weighted by Crippen LogP contribution is -2.37. The van der Waals surface area contributed by atoms with Crippen molar-refractivity contribution in [2.24, 2.45) is 0 Å². The van der Waals surface area contributed by atoms with Gasteiger partial charge in [0.05, 0.1) is 25.6 Å². The van der Waals surface area contributed by atoms with Gasteiger partial charge in [0.1, 0.15) is 11.6 Å². The highest BCUT2D eigenvalue weighted by molar-refractivity contribution is 7.88. The highest BCUT2D eigenvalue weighted by Gasteiger charge is 2.22. The molecule has 2 aromatic rings. The van der Waals surface area contributed by atoms with E-state index in [4.69, 9.17) is 4.74 Å². The van der Waals surface area contributed by atoms with Gasteiger partial charge in [0, 0.05) is 12.1 Å². The van der Waals surface area contributed by atoms with Gasteiger partial charge in [-0.15, -0.1) is 0 Å². The average Bonchev–Trinajstić information content (AvgIpc) is 2.56. The Balaban J connectivity index is 2.16. The number of anilines is 1. The van der Waals surface area contributed by atoms with Crippen molar-refractivity contribution < 1.29 is 22.3 Å². The molecule has 2 aromatic carbocycles. The van der Waals surface area contributed by atoms with Crippen LogP contribution in [0.25, 0.3) is 0 Å². The first-order valence-electron chi connectivity index (χ1n) is 7.42. The van der Waals surface area contributed by atoms with E-state index < -0.39 is 28.3 Å². The Morgan fingerprint density at radius 1 is 1.16 bits per heavy atom. The summed E-state index contributed by atoms with van der Waals surface area (Å²) >= 11 is 0. The van der Waals surface area contributed by atoms with Gasteiger partial charge in [0.2, 0.25) is 15.9 Å². The number of halogens is 1. The molecule has 0 aromatic heterocycles. The number of hydrogen-bond acceptors (Lipinski definition) is 4. The van der Waals surface area contributed by atoms with Gasteiger partial charge in [0.25, 0.3) is 0 Å². The van der Waals surface area contributed by atoms with E-state index in [0.717, 1.165) is 10.6 Å². The summed E-state index contributed by atoms with van der Waals surface area (Å²) in [7, 11) is -2.18. The van der Waals surface area contributed by atoms with E-state index in [0.29, 0.717) is 11.3 Å². The van der Waals surface area contributed by atoms with Gasteiger partial charge in [-0.1, -0.05) is 30.3 Å². The summed E-state index contributed by atoms with van der Waals surface area (Å²) in [5.41, 5.74) is 0.618. The molecule has 0 atom stereocenters. The molecule has 0 saturated carbocycles. The Hall–Kier alpha value is -2.45. The third-order valence-electron chi connectivity index (χ3n) is 3.48. The molecule has 0 aliphatic rings. The number of nitrogens with one attached hydrogen (secondary N) is 1. The molecule has 1 amide bonds. The number of nitrogens with zero attached hydrogens (tertiary/aromatic N) is 1. The maximum absolute atomic E-state index is 13.6. The van der Waals surface area contributed by atoms with Crippen LogP contribution in [0, 0.1) is 5.82 Å². The summed E-state index contributed by atoms with van der Waals surface area (Å²) in [6, 6.07) is 12.6. The van der Waals surface area contributed by atoms with E-state index in [1.165, 1.54) is 25.3 Å². The molecule has 0 fully saturated rings. The third-order valence-corrected chi connectivity index (χ3v) is 4.67. The van der Waals surface area contributed by atoms with Gasteiger partial charge in [-0.2, -0.15) is 4.31 Å². The summed E-state index contributed by atoms with van der Waals surface area (Å²) in [5, 5.41) is 2.38. The highest BCUT2D eigenvalue weighted by Crippen LogP contribution is 2.20. The van der Waals surface area contributed by atoms with E-state index in [-0.39, 0.29) is 12.2 Å². The Morgan fingerprint density at radius 2 is 1.80 bits per heavy atom. The Morgan fingerprint density at radius 3 is 2.44 bits per heavy atom. The topological polar surface area (TPSA) is 75.7 Å². The fourth-order valence-electron chi connectivity index (χ4n) is 2.23. The van der Waals surface area contributed by atoms with Crippen molar-refractivity contribution in [3.8, 4) is 5.75 Å². The van der Waals surface area contributed by atoms with Crippen LogP contribution < -0.4 is 10.1 Å². The molecule has 0 saturated heterocycles. The fraction of sp³-hybridized carbons (Fsp3) is 0.235. The van der Waals surface area contributed by atoms with Gasteiger partial charge in [-0.05, 0) is 18.2 Å². The Labute approximate surface area is 146 Å². The number of rotatable bonds is 7. The molecule has 0 bridgehead atoms. The molecule has 134 valence electrons. The Kier molecular flexibility index (Phi) is 6.11. The molecular formula is C17H19FN2O4S. The van der Waals surface area contributed by atoms with Crippen LogP contribution in [0.4, 0.5) is 10.1 Å². The Bertz CT molecular complexity index is 855. The van der Waals surface area contributed by atoms with Crippen LogP contribution in [-0.2, 0) is 21.4 Å². The normalized spacial score (nSPS) is 11.4. The van der Waals surface area contributed by atoms with Crippen molar-refractivity contribution in [1.82, 2.24) is 4.31 Å². The van der Waals surface area contributed by atoms with Gasteiger partial charge in [0.15, 0.2) is 0 Å². The monoisotopic (exact) mass is 366 g/mol. The van der Waals surface area contributed by atoms with Crippen LogP contribution in [0.5, 0.6) is 5.75 Å². The molecule has 8 heteroatoms. The summed E-state index contributed by atoms with van der Waals surface area (Å²) in [6.07, 6.45) is 1.01. The van der Waals surface area contributed by atoms with Crippen molar-refractivity contribution in [2.75, 3.05) is 25.2 Å². The number of amides is 1. The second-order valence-electron chi connectivity index (χ2n) is 5.37. The molecule has 2 rings (SSSR count). The van der Waals surface area contributed by atoms with Gasteiger partial charge >= 0.3 is 0 Å². The first-order chi connectivity index (χ1) is 11.8. The zero-order valence-corrected chi connectivity index (χ0v) is 14.7. The molecule has 6 nitrogen and oxygen atoms in total. The standard InChI is InChI=1S/C17H19FN2O4S/c1-24-16-10-6-3-7-13(16)11-20(25(2,22)23)12-17(21)19-15-9-5-4-8-14(15)18/h3-10H,11-12H2,1-2H3,(H,19,21). The maximum atomic E-state index is 13.6. The molecule has 25 heavy (non-hydrogen) atoms. The number of methoxy groups -OCH3 is 1. The van der Waals surface area contributed by atoms with Gasteiger partial charge in [-0.3, -0.25) is 4.79 Å². The first-order valence-corrected chi connectivity index (χ1v) is 9.27. The maximum Gasteiger partial charge on any atom is 0.239 e. The van der Waals surface area contributed by atoms with E-state index in [1.54, 1.807) is 30.3 Å². The summed E-state index contributed by atoms with van der Waals surface area (Å²) in [5.74, 6) is -0.706. The van der Waals surface area contributed by atoms with Gasteiger partial charge in [-0.25, -0.2) is 12.8 Å². The lowest BCUT2D eigenvalue weighted by atomic mass is 10.2. The molecule has 0 spiro atoms. The largest absolute Gasteiger partial charge is 0.496 e. The summed E-state index contributed by atoms with van der Waals surface area (Å²) in [6.45, 7) is -0.473. The number of benzene rings is 2. The van der Waals surface area contributed by atoms with Crippen molar-refractivity contribution in [3.05, 3.63) is 59.9 Å². The van der Waals surface area contributed by atoms with E-state index in [1.807, 2.05) is 0 Å². The van der Waals surface area contributed by atoms with Crippen molar-refractivity contribution >= 4 is 21.6 Å². The smallest absolute Gasteiger partial charge is 0.239 e. The molecule has 0 radical (unpaired) electrons. The van der Waals surface area contributed by atoms with Crippen molar-refractivity contribution in [3.63, 3.8) is 0 Å². The molecule has 0 aliphatic carbocycles. The van der Waals surface area contributed by atoms with Crippen LogP contribution in [0.1, 0.15) is 5.56 Å². The van der Waals surface area contributed by atoms with Crippen LogP contribution in [0.15, 0.2) is 48.5 Å². The van der Waals surface area contributed by atoms with Crippen LogP contribution in [-0.4, -0.2) is 38.5 Å². The van der Waals surface area contributed by atoms with E-state index in [9.17, 15) is 17.6 Å². The minimum atomic E-state index is -3.66. The predicted molar refractivity (Wildman–Crippen MR) is 93.3 cm³/mol. The minimum absolute atomic E-state index is 0.00163. The van der Waals surface area contributed by atoms with E-state index in [2.05, 4.69) is 5.32 Å². The van der Waals surface area contributed by atoms with Crippen LogP contribution in [0.2, 0.25) is 0 Å². The zero-order valence-electron chi connectivity index (χ0n) is 13.9. The number of carbonyl (C=O) groups is 1. The number of ether oxygens (including phenoxy) is 1. The number of sulfonamides is 1. The average molecular weight is 366 g/mol. The second-order valence-corrected chi connectivity index (χ2v) is 7.35. The quantitative estimate of drug-likeness (QED) is 0.815. The number of para-hydroxylation sites is 2. The SMILES string of the molecule is COc1ccccc1CN(CC(=O)Nc1ccccc1F)S(C)(=O)=O. The van der Waals surface area contributed by atoms with Gasteiger partial charge < -0.3 is 10.1 Å². The molecule has 0 heterocycles. The predicted octanol–water partition coefficient (Wildman–Crippen LogP) is 2.23. The van der Waals surface area contributed by atoms with E-state index >= 15 is 0 Å². The highest BCUT2D eigenvalue weighted by atomic mass is 32.2. The molecule has 1 N–H and O–H groups in total. The lowest BCUT2D eigenvalue weighted by molar-refractivity contribution is -0.116. The first kappa shape index (κ1) is 18.9. The van der Waals surface area contributed by atoms with Crippen molar-refractivity contribution in [1.29, 1.82) is 0 Å². The van der Waals surface area contributed by atoms with Crippen LogP contribution in [0.3, 0.4) is 0 Å². The summed E-state index contributed by atoms with van der Waals surface area (Å²) in [4.78, 5) is 12.2. The summed E-state index contributed by atoms with van der Waals surface area (Å²) < 4.78 is 43.9.